The molecule has 0 saturated carbocycles. The van der Waals surface area contributed by atoms with Crippen LogP contribution >= 0.6 is 0 Å². The van der Waals surface area contributed by atoms with Gasteiger partial charge >= 0.3 is 0 Å². The Morgan fingerprint density at radius 1 is 0.974 bits per heavy atom. The molecule has 2 aromatic heterocycles. The first-order chi connectivity index (χ1) is 18.9. The van der Waals surface area contributed by atoms with Crippen LogP contribution in [0.3, 0.4) is 0 Å². The van der Waals surface area contributed by atoms with Gasteiger partial charge in [0.2, 0.25) is 17.6 Å². The Morgan fingerprint density at radius 3 is 2.56 bits per heavy atom. The van der Waals surface area contributed by atoms with Crippen molar-refractivity contribution in [1.82, 2.24) is 14.3 Å². The van der Waals surface area contributed by atoms with Crippen molar-refractivity contribution in [2.24, 2.45) is 0 Å². The van der Waals surface area contributed by atoms with Crippen molar-refractivity contribution in [2.75, 3.05) is 6.61 Å². The van der Waals surface area contributed by atoms with Gasteiger partial charge in [0.1, 0.15) is 11.7 Å². The number of aromatic nitrogens is 3. The topological polar surface area (TPSA) is 105 Å². The zero-order chi connectivity index (χ0) is 26.8. The van der Waals surface area contributed by atoms with E-state index in [9.17, 15) is 15.5 Å². The quantitative estimate of drug-likeness (QED) is 0.294. The lowest BCUT2D eigenvalue weighted by atomic mass is 9.78. The fraction of sp³-hybridized carbons (Fsp3) is 0.226. The van der Waals surface area contributed by atoms with Crippen molar-refractivity contribution in [3.05, 3.63) is 95.7 Å². The molecule has 1 saturated heterocycles. The fourth-order valence-electron chi connectivity index (χ4n) is 6.33. The Bertz CT molecular complexity index is 1780. The Balaban J connectivity index is 1.22. The first kappa shape index (κ1) is 23.4. The van der Waals surface area contributed by atoms with Gasteiger partial charge in [-0.15, -0.1) is 5.10 Å². The van der Waals surface area contributed by atoms with Gasteiger partial charge in [0.05, 0.1) is 40.3 Å². The van der Waals surface area contributed by atoms with Crippen molar-refractivity contribution in [2.45, 2.75) is 37.4 Å². The number of nitrogens with zero attached hydrogens (tertiary/aromatic N) is 4. The van der Waals surface area contributed by atoms with Crippen LogP contribution < -0.4 is 4.74 Å². The Morgan fingerprint density at radius 2 is 1.74 bits per heavy atom. The summed E-state index contributed by atoms with van der Waals surface area (Å²) in [7, 11) is 0. The average Bonchev–Trinajstić information content (AvgIpc) is 3.69. The van der Waals surface area contributed by atoms with E-state index in [0.717, 1.165) is 16.5 Å². The molecule has 1 fully saturated rings. The van der Waals surface area contributed by atoms with Gasteiger partial charge in [-0.1, -0.05) is 48.5 Å². The van der Waals surface area contributed by atoms with E-state index >= 15 is 0 Å². The average molecular weight is 519 g/mol. The number of benzene rings is 3. The van der Waals surface area contributed by atoms with Crippen LogP contribution in [0.15, 0.2) is 79.0 Å². The summed E-state index contributed by atoms with van der Waals surface area (Å²) in [5.41, 5.74) is 1.34. The predicted molar refractivity (Wildman–Crippen MR) is 144 cm³/mol. The van der Waals surface area contributed by atoms with Crippen molar-refractivity contribution in [1.29, 1.82) is 5.26 Å². The summed E-state index contributed by atoms with van der Waals surface area (Å²) in [6, 6.07) is 25.1. The molecule has 39 heavy (non-hydrogen) atoms. The Hall–Kier alpha value is -4.74. The molecule has 5 aromatic rings. The summed E-state index contributed by atoms with van der Waals surface area (Å²) in [5, 5.41) is 39.3. The monoisotopic (exact) mass is 518 g/mol. The molecule has 2 N–H and O–H groups in total. The summed E-state index contributed by atoms with van der Waals surface area (Å²) >= 11 is 0. The Kier molecular flexibility index (Phi) is 5.03. The second-order valence-corrected chi connectivity index (χ2v) is 10.4. The summed E-state index contributed by atoms with van der Waals surface area (Å²) in [5.74, 6) is 0.292. The lowest BCUT2D eigenvalue weighted by Gasteiger charge is -2.26. The number of hydrogen-bond acceptors (Lipinski definition) is 6. The molecule has 2 atom stereocenters. The van der Waals surface area contributed by atoms with E-state index in [4.69, 9.17) is 9.47 Å². The highest BCUT2D eigenvalue weighted by atomic mass is 16.5. The van der Waals surface area contributed by atoms with E-state index in [0.29, 0.717) is 54.1 Å². The van der Waals surface area contributed by atoms with E-state index in [1.54, 1.807) is 10.7 Å². The normalized spacial score (nSPS) is 21.2. The first-order valence-corrected chi connectivity index (χ1v) is 13.0. The summed E-state index contributed by atoms with van der Waals surface area (Å²) in [4.78, 5) is 0. The second-order valence-electron chi connectivity index (χ2n) is 10.4. The number of para-hydroxylation sites is 1. The molecule has 0 radical (unpaired) electrons. The third kappa shape index (κ3) is 3.37. The zero-order valence-corrected chi connectivity index (χ0v) is 21.3. The van der Waals surface area contributed by atoms with Crippen LogP contribution in [0.5, 0.6) is 17.6 Å². The predicted octanol–water partition coefficient (Wildman–Crippen LogP) is 5.80. The molecule has 8 heteroatoms. The molecule has 2 aliphatic heterocycles. The van der Waals surface area contributed by atoms with Crippen LogP contribution in [0.4, 0.5) is 0 Å². The maximum Gasteiger partial charge on any atom is 0.233 e. The lowest BCUT2D eigenvalue weighted by molar-refractivity contribution is -0.0877. The molecular weight excluding hydrogens is 492 g/mol. The van der Waals surface area contributed by atoms with Crippen LogP contribution in [0.1, 0.15) is 42.9 Å². The largest absolute Gasteiger partial charge is 0.494 e. The highest BCUT2D eigenvalue weighted by Gasteiger charge is 2.61. The smallest absolute Gasteiger partial charge is 0.233 e. The third-order valence-corrected chi connectivity index (χ3v) is 8.13. The lowest BCUT2D eigenvalue weighted by Crippen LogP contribution is -2.25. The minimum Gasteiger partial charge on any atom is -0.494 e. The Labute approximate surface area is 224 Å². The summed E-state index contributed by atoms with van der Waals surface area (Å²) < 4.78 is 15.7. The number of aromatic hydroxyl groups is 2. The van der Waals surface area contributed by atoms with Crippen molar-refractivity contribution in [3.63, 3.8) is 0 Å². The summed E-state index contributed by atoms with van der Waals surface area (Å²) in [6.45, 7) is 2.25. The molecule has 2 bridgehead atoms. The maximum absolute atomic E-state index is 11.6. The first-order valence-electron chi connectivity index (χ1n) is 13.0. The molecule has 0 aliphatic carbocycles. The fourth-order valence-corrected chi connectivity index (χ4v) is 6.33. The number of rotatable bonds is 6. The molecule has 7 rings (SSSR count). The van der Waals surface area contributed by atoms with Crippen LogP contribution in [-0.2, 0) is 15.9 Å². The van der Waals surface area contributed by atoms with Crippen molar-refractivity contribution < 1.29 is 19.7 Å². The van der Waals surface area contributed by atoms with E-state index in [1.165, 1.54) is 4.57 Å². The van der Waals surface area contributed by atoms with Gasteiger partial charge in [-0.05, 0) is 43.4 Å². The van der Waals surface area contributed by atoms with Gasteiger partial charge in [0.25, 0.3) is 0 Å². The van der Waals surface area contributed by atoms with Crippen molar-refractivity contribution in [3.8, 4) is 35.1 Å². The van der Waals surface area contributed by atoms with Gasteiger partial charge in [-0.25, -0.2) is 9.25 Å². The number of fused-ring (bicyclic) bond motifs is 6. The highest BCUT2D eigenvalue weighted by Crippen LogP contribution is 2.65. The van der Waals surface area contributed by atoms with Crippen LogP contribution in [-0.4, -0.2) is 31.2 Å². The minimum atomic E-state index is -0.817. The minimum absolute atomic E-state index is 0.0964. The van der Waals surface area contributed by atoms with Gasteiger partial charge < -0.3 is 19.7 Å². The third-order valence-electron chi connectivity index (χ3n) is 8.13. The highest BCUT2D eigenvalue weighted by molar-refractivity contribution is 5.91. The molecule has 8 nitrogen and oxygen atoms in total. The maximum atomic E-state index is 11.6. The SMILES string of the molecule is CC12CCC(CCOc3ccn(-c4ccccc4)n3)(O1)c1c2c(O)n(-c2ccc3ccccc3c2C#N)c1O. The van der Waals surface area contributed by atoms with Gasteiger partial charge in [-0.2, -0.15) is 5.26 Å². The van der Waals surface area contributed by atoms with Crippen LogP contribution in [0, 0.1) is 11.3 Å². The molecule has 3 aromatic carbocycles. The molecule has 2 aliphatic rings. The molecule has 4 heterocycles. The summed E-state index contributed by atoms with van der Waals surface area (Å²) in [6.07, 6.45) is 3.69. The standard InChI is InChI=1S/C31H26N4O4/c1-30-14-15-31(39-30,16-18-38-25-13-17-34(33-25)21-8-3-2-4-9-21)27-26(30)28(36)35(29(27)37)24-12-11-20-7-5-6-10-22(20)23(24)19-32/h2-13,17,36-37H,14-16,18H2,1H3. The van der Waals surface area contributed by atoms with Gasteiger partial charge in [0, 0.05) is 24.1 Å². The zero-order valence-electron chi connectivity index (χ0n) is 21.3. The second kappa shape index (κ2) is 8.38. The number of ether oxygens (including phenoxy) is 2. The van der Waals surface area contributed by atoms with E-state index in [2.05, 4.69) is 11.2 Å². The van der Waals surface area contributed by atoms with Gasteiger partial charge in [-0.3, -0.25) is 0 Å². The van der Waals surface area contributed by atoms with Gasteiger partial charge in [0.15, 0.2) is 0 Å². The molecule has 0 spiro atoms. The van der Waals surface area contributed by atoms with E-state index in [1.807, 2.05) is 79.9 Å². The van der Waals surface area contributed by atoms with Crippen LogP contribution in [0.25, 0.3) is 22.1 Å². The number of nitriles is 1. The van der Waals surface area contributed by atoms with E-state index in [-0.39, 0.29) is 11.8 Å². The van der Waals surface area contributed by atoms with Crippen molar-refractivity contribution >= 4 is 10.8 Å². The number of hydrogen-bond donors (Lipinski definition) is 2. The molecule has 194 valence electrons. The van der Waals surface area contributed by atoms with E-state index < -0.39 is 11.2 Å². The van der Waals surface area contributed by atoms with Crippen LogP contribution in [0.2, 0.25) is 0 Å². The molecule has 0 amide bonds. The molecular formula is C31H26N4O4. The molecule has 2 unspecified atom stereocenters.